The molecule has 0 radical (unpaired) electrons. The smallest absolute Gasteiger partial charge is 0.475 e. The average Bonchev–Trinajstić information content (AvgIpc) is 3.26. The van der Waals surface area contributed by atoms with E-state index in [4.69, 9.17) is 25.8 Å². The van der Waals surface area contributed by atoms with Crippen molar-refractivity contribution in [2.24, 2.45) is 5.73 Å². The van der Waals surface area contributed by atoms with Crippen LogP contribution in [0.5, 0.6) is 0 Å². The third-order valence-corrected chi connectivity index (χ3v) is 5.57. The zero-order chi connectivity index (χ0) is 27.9. The Morgan fingerprint density at radius 2 is 1.66 bits per heavy atom. The van der Waals surface area contributed by atoms with Crippen LogP contribution in [0.15, 0.2) is 79.1 Å². The number of aliphatic carboxylic acids is 1. The quantitative estimate of drug-likeness (QED) is 0.170. The molecule has 38 heavy (non-hydrogen) atoms. The van der Waals surface area contributed by atoms with E-state index in [1.165, 1.54) is 16.3 Å². The van der Waals surface area contributed by atoms with Crippen LogP contribution in [0.3, 0.4) is 0 Å². The summed E-state index contributed by atoms with van der Waals surface area (Å²) < 4.78 is 39.1. The Balaban J connectivity index is 0.000000505. The van der Waals surface area contributed by atoms with Gasteiger partial charge in [0.2, 0.25) is 0 Å². The average molecular weight is 526 g/mol. The summed E-state index contributed by atoms with van der Waals surface area (Å²) in [5.41, 5.74) is 9.94. The van der Waals surface area contributed by atoms with Crippen molar-refractivity contribution in [3.05, 3.63) is 107 Å². The molecule has 3 aromatic carbocycles. The number of hydrogen-bond acceptors (Lipinski definition) is 4. The number of nitrogen functional groups attached to an aromatic ring is 1. The molecular formula is C28H26F3N3O4. The van der Waals surface area contributed by atoms with E-state index in [9.17, 15) is 18.0 Å². The summed E-state index contributed by atoms with van der Waals surface area (Å²) in [5, 5.41) is 17.2. The molecule has 0 spiro atoms. The van der Waals surface area contributed by atoms with Gasteiger partial charge in [-0.1, -0.05) is 60.7 Å². The Labute approximate surface area is 216 Å². The van der Waals surface area contributed by atoms with Crippen LogP contribution in [-0.2, 0) is 22.5 Å². The van der Waals surface area contributed by atoms with Crippen molar-refractivity contribution < 1.29 is 32.6 Å². The number of carbonyl (C=O) groups excluding carboxylic acids is 1. The largest absolute Gasteiger partial charge is 0.490 e. The predicted octanol–water partition coefficient (Wildman–Crippen LogP) is 5.37. The third kappa shape index (κ3) is 7.22. The number of aromatic nitrogens is 1. The van der Waals surface area contributed by atoms with Crippen LogP contribution < -0.4 is 5.73 Å². The van der Waals surface area contributed by atoms with Gasteiger partial charge in [-0.3, -0.25) is 5.41 Å². The molecule has 1 aromatic heterocycles. The number of carboxylic acid groups (broad SMARTS) is 1. The van der Waals surface area contributed by atoms with Gasteiger partial charge in [-0.25, -0.2) is 9.59 Å². The number of hydrogen-bond donors (Lipinski definition) is 3. The molecule has 10 heteroatoms. The molecule has 0 aliphatic rings. The van der Waals surface area contributed by atoms with Crippen LogP contribution in [0, 0.1) is 5.41 Å². The molecule has 198 valence electrons. The first-order valence-electron chi connectivity index (χ1n) is 11.6. The lowest BCUT2D eigenvalue weighted by molar-refractivity contribution is -0.192. The number of esters is 1. The number of ether oxygens (including phenoxy) is 1. The van der Waals surface area contributed by atoms with Gasteiger partial charge in [0.15, 0.2) is 0 Å². The van der Waals surface area contributed by atoms with Gasteiger partial charge in [-0.05, 0) is 46.9 Å². The van der Waals surface area contributed by atoms with E-state index in [2.05, 4.69) is 30.3 Å². The molecule has 0 amide bonds. The summed E-state index contributed by atoms with van der Waals surface area (Å²) in [4.78, 5) is 21.5. The number of carboxylic acids is 1. The first-order chi connectivity index (χ1) is 18.0. The number of halogens is 3. The lowest BCUT2D eigenvalue weighted by Gasteiger charge is -2.08. The van der Waals surface area contributed by atoms with Gasteiger partial charge in [0, 0.05) is 24.5 Å². The van der Waals surface area contributed by atoms with Crippen molar-refractivity contribution in [3.8, 4) is 0 Å². The maximum absolute atomic E-state index is 12.6. The highest BCUT2D eigenvalue weighted by molar-refractivity contribution is 5.95. The molecule has 4 rings (SSSR count). The van der Waals surface area contributed by atoms with Gasteiger partial charge < -0.3 is 20.1 Å². The topological polar surface area (TPSA) is 118 Å². The third-order valence-electron chi connectivity index (χ3n) is 5.57. The number of rotatable bonds is 7. The van der Waals surface area contributed by atoms with E-state index < -0.39 is 12.1 Å². The minimum atomic E-state index is -5.08. The number of carbonyl (C=O) groups is 2. The van der Waals surface area contributed by atoms with Crippen LogP contribution in [0.1, 0.15) is 39.5 Å². The lowest BCUT2D eigenvalue weighted by Crippen LogP contribution is -2.21. The van der Waals surface area contributed by atoms with E-state index >= 15 is 0 Å². The first-order valence-corrected chi connectivity index (χ1v) is 11.6. The number of nitrogens with two attached hydrogens (primary N) is 1. The summed E-state index contributed by atoms with van der Waals surface area (Å²) in [6, 6.07) is 22.1. The monoisotopic (exact) mass is 525 g/mol. The summed E-state index contributed by atoms with van der Waals surface area (Å²) >= 11 is 0. The summed E-state index contributed by atoms with van der Waals surface area (Å²) in [7, 11) is 0. The molecular weight excluding hydrogens is 499 g/mol. The normalized spacial score (nSPS) is 10.9. The minimum absolute atomic E-state index is 0.0287. The Kier molecular flexibility index (Phi) is 8.90. The highest BCUT2D eigenvalue weighted by Crippen LogP contribution is 2.23. The molecule has 0 unspecified atom stereocenters. The SMILES string of the molecule is CCOC(=O)c1cn(Cc2cccc3ccccc23)cc1Cc1cccc(C(=N)N)c1.O=C(O)C(F)(F)F. The van der Waals surface area contributed by atoms with Crippen molar-refractivity contribution >= 4 is 28.5 Å². The van der Waals surface area contributed by atoms with Gasteiger partial charge in [0.25, 0.3) is 0 Å². The fourth-order valence-corrected chi connectivity index (χ4v) is 3.88. The van der Waals surface area contributed by atoms with Gasteiger partial charge in [-0.2, -0.15) is 13.2 Å². The molecule has 0 saturated heterocycles. The van der Waals surface area contributed by atoms with E-state index in [1.54, 1.807) is 6.92 Å². The molecule has 1 heterocycles. The second-order valence-corrected chi connectivity index (χ2v) is 8.32. The zero-order valence-corrected chi connectivity index (χ0v) is 20.5. The first kappa shape index (κ1) is 28.0. The second-order valence-electron chi connectivity index (χ2n) is 8.32. The molecule has 4 N–H and O–H groups in total. The summed E-state index contributed by atoms with van der Waals surface area (Å²) in [5.74, 6) is -3.05. The molecule has 7 nitrogen and oxygen atoms in total. The van der Waals surface area contributed by atoms with Crippen molar-refractivity contribution in [2.75, 3.05) is 6.61 Å². The molecule has 4 aromatic rings. The molecule has 0 fully saturated rings. The number of nitrogens with one attached hydrogen (secondary N) is 1. The Hall–Kier alpha value is -4.60. The van der Waals surface area contributed by atoms with Gasteiger partial charge in [0.1, 0.15) is 5.84 Å². The van der Waals surface area contributed by atoms with Crippen LogP contribution in [-0.4, -0.2) is 40.2 Å². The number of amidine groups is 1. The zero-order valence-electron chi connectivity index (χ0n) is 20.5. The molecule has 0 aliphatic carbocycles. The van der Waals surface area contributed by atoms with Crippen LogP contribution in [0.4, 0.5) is 13.2 Å². The minimum Gasteiger partial charge on any atom is -0.475 e. The highest BCUT2D eigenvalue weighted by atomic mass is 19.4. The van der Waals surface area contributed by atoms with Gasteiger partial charge in [0.05, 0.1) is 12.2 Å². The standard InChI is InChI=1S/C26H25N3O2.C2HF3O2/c1-2-31-26(30)24-17-29(15-21-11-6-9-19-8-3-4-12-23(19)21)16-22(24)14-18-7-5-10-20(13-18)25(27)28;3-2(4,5)1(6)7/h3-13,16-17H,2,14-15H2,1H3,(H3,27,28);(H,6,7). The van der Waals surface area contributed by atoms with Crippen LogP contribution in [0.25, 0.3) is 10.8 Å². The van der Waals surface area contributed by atoms with Gasteiger partial charge >= 0.3 is 18.1 Å². The second kappa shape index (κ2) is 12.1. The fourth-order valence-electron chi connectivity index (χ4n) is 3.88. The number of benzene rings is 3. The summed E-state index contributed by atoms with van der Waals surface area (Å²) in [6.07, 6.45) is -0.657. The molecule has 0 bridgehead atoms. The van der Waals surface area contributed by atoms with Crippen molar-refractivity contribution in [1.82, 2.24) is 4.57 Å². The number of alkyl halides is 3. The van der Waals surface area contributed by atoms with Gasteiger partial charge in [-0.15, -0.1) is 0 Å². The lowest BCUT2D eigenvalue weighted by atomic mass is 10.0. The van der Waals surface area contributed by atoms with E-state index in [1.807, 2.05) is 53.4 Å². The maximum atomic E-state index is 12.6. The summed E-state index contributed by atoms with van der Waals surface area (Å²) in [6.45, 7) is 2.79. The molecule has 0 saturated carbocycles. The number of fused-ring (bicyclic) bond motifs is 1. The Bertz CT molecular complexity index is 1460. The van der Waals surface area contributed by atoms with E-state index in [0.717, 1.165) is 11.1 Å². The van der Waals surface area contributed by atoms with E-state index in [0.29, 0.717) is 30.7 Å². The fraction of sp³-hybridized carbons (Fsp3) is 0.179. The Morgan fingerprint density at radius 3 is 2.32 bits per heavy atom. The Morgan fingerprint density at radius 1 is 1.00 bits per heavy atom. The van der Waals surface area contributed by atoms with Crippen molar-refractivity contribution in [3.63, 3.8) is 0 Å². The van der Waals surface area contributed by atoms with Crippen LogP contribution in [0.2, 0.25) is 0 Å². The molecule has 0 atom stereocenters. The van der Waals surface area contributed by atoms with E-state index in [-0.39, 0.29) is 11.8 Å². The molecule has 0 aliphatic heterocycles. The maximum Gasteiger partial charge on any atom is 0.490 e. The highest BCUT2D eigenvalue weighted by Gasteiger charge is 2.38. The van der Waals surface area contributed by atoms with Crippen molar-refractivity contribution in [2.45, 2.75) is 26.1 Å². The predicted molar refractivity (Wildman–Crippen MR) is 137 cm³/mol. The van der Waals surface area contributed by atoms with Crippen molar-refractivity contribution in [1.29, 1.82) is 5.41 Å². The number of nitrogens with zero attached hydrogens (tertiary/aromatic N) is 1. The van der Waals surface area contributed by atoms with Crippen LogP contribution >= 0.6 is 0 Å².